The topological polar surface area (TPSA) is 101 Å². The molecule has 0 radical (unpaired) electrons. The van der Waals surface area contributed by atoms with Crippen LogP contribution in [0.3, 0.4) is 0 Å². The number of amides is 1. The fourth-order valence-electron chi connectivity index (χ4n) is 5.56. The van der Waals surface area contributed by atoms with Crippen molar-refractivity contribution in [2.24, 2.45) is 5.92 Å². The summed E-state index contributed by atoms with van der Waals surface area (Å²) < 4.78 is 16.4. The molecular formula is C30H33N3O6. The number of unbranched alkanes of at least 4 members (excludes halogenated alkanes) is 1. The minimum atomic E-state index is -0.913. The second kappa shape index (κ2) is 11.7. The fraction of sp³-hybridized carbons (Fsp3) is 0.367. The van der Waals surface area contributed by atoms with E-state index < -0.39 is 17.9 Å². The number of benzene rings is 2. The maximum absolute atomic E-state index is 13.8. The van der Waals surface area contributed by atoms with Crippen LogP contribution in [0, 0.1) is 5.92 Å². The Hall–Kier alpha value is -4.11. The third kappa shape index (κ3) is 5.54. The van der Waals surface area contributed by atoms with Gasteiger partial charge in [-0.25, -0.2) is 0 Å². The molecule has 0 saturated carbocycles. The number of fused-ring (bicyclic) bond motifs is 1. The van der Waals surface area contributed by atoms with Gasteiger partial charge in [0, 0.05) is 31.2 Å². The second-order valence-electron chi connectivity index (χ2n) is 9.84. The molecule has 39 heavy (non-hydrogen) atoms. The molecule has 9 nitrogen and oxygen atoms in total. The minimum absolute atomic E-state index is 0.0696. The number of carbonyl (C=O) groups excluding carboxylic acids is 1. The van der Waals surface area contributed by atoms with E-state index in [9.17, 15) is 14.7 Å². The predicted molar refractivity (Wildman–Crippen MR) is 145 cm³/mol. The van der Waals surface area contributed by atoms with Gasteiger partial charge in [0.25, 0.3) is 0 Å². The number of anilines is 1. The van der Waals surface area contributed by atoms with Gasteiger partial charge in [-0.05, 0) is 53.9 Å². The normalized spacial score (nSPS) is 20.1. The first-order valence-corrected chi connectivity index (χ1v) is 13.2. The number of carboxylic acid groups (broad SMARTS) is 1. The number of methoxy groups -OCH3 is 1. The van der Waals surface area contributed by atoms with Crippen LogP contribution in [0.1, 0.15) is 42.9 Å². The van der Waals surface area contributed by atoms with Crippen molar-refractivity contribution in [2.75, 3.05) is 38.4 Å². The molecule has 1 amide bonds. The first-order chi connectivity index (χ1) is 19.0. The lowest BCUT2D eigenvalue weighted by atomic mass is 9.82. The number of nitrogens with zero attached hydrogens (tertiary/aromatic N) is 3. The number of hydrogen-bond donors (Lipinski definition) is 1. The highest BCUT2D eigenvalue weighted by atomic mass is 16.7. The Bertz CT molecular complexity index is 1300. The summed E-state index contributed by atoms with van der Waals surface area (Å²) in [5, 5.41) is 10.5. The fourth-order valence-corrected chi connectivity index (χ4v) is 5.56. The summed E-state index contributed by atoms with van der Waals surface area (Å²) in [5.41, 5.74) is 2.40. The molecule has 9 heteroatoms. The monoisotopic (exact) mass is 531 g/mol. The van der Waals surface area contributed by atoms with Crippen LogP contribution >= 0.6 is 0 Å². The molecule has 3 heterocycles. The first-order valence-electron chi connectivity index (χ1n) is 13.2. The number of hydrogen-bond acceptors (Lipinski definition) is 7. The molecular weight excluding hydrogens is 498 g/mol. The Labute approximate surface area is 227 Å². The zero-order valence-electron chi connectivity index (χ0n) is 22.2. The van der Waals surface area contributed by atoms with Crippen molar-refractivity contribution in [3.63, 3.8) is 0 Å². The Morgan fingerprint density at radius 3 is 2.56 bits per heavy atom. The Morgan fingerprint density at radius 2 is 1.87 bits per heavy atom. The maximum atomic E-state index is 13.8. The first kappa shape index (κ1) is 26.5. The van der Waals surface area contributed by atoms with Gasteiger partial charge in [0.2, 0.25) is 12.7 Å². The number of ether oxygens (including phenoxy) is 3. The van der Waals surface area contributed by atoms with Crippen molar-refractivity contribution in [1.29, 1.82) is 0 Å². The SMILES string of the molecule is CCCCN(C(=O)CN1C[C@H](c2ccc3c(c2)OCO3)[C@@H](C(=O)O)[C@@H]1c1ccc(OC)cc1)c1cccnc1. The van der Waals surface area contributed by atoms with Crippen molar-refractivity contribution in [2.45, 2.75) is 31.7 Å². The van der Waals surface area contributed by atoms with Crippen LogP contribution in [0.4, 0.5) is 5.69 Å². The summed E-state index contributed by atoms with van der Waals surface area (Å²) in [5.74, 6) is -0.219. The van der Waals surface area contributed by atoms with E-state index in [2.05, 4.69) is 11.9 Å². The molecule has 1 aromatic heterocycles. The zero-order chi connectivity index (χ0) is 27.4. The summed E-state index contributed by atoms with van der Waals surface area (Å²) in [4.78, 5) is 34.6. The quantitative estimate of drug-likeness (QED) is 0.408. The van der Waals surface area contributed by atoms with Gasteiger partial charge in [-0.2, -0.15) is 0 Å². The Morgan fingerprint density at radius 1 is 1.10 bits per heavy atom. The Kier molecular flexibility index (Phi) is 7.97. The maximum Gasteiger partial charge on any atom is 0.309 e. The van der Waals surface area contributed by atoms with Crippen molar-refractivity contribution in [3.8, 4) is 17.2 Å². The molecule has 3 aromatic rings. The molecule has 1 fully saturated rings. The van der Waals surface area contributed by atoms with E-state index >= 15 is 0 Å². The summed E-state index contributed by atoms with van der Waals surface area (Å²) in [6.07, 6.45) is 5.16. The Balaban J connectivity index is 1.50. The van der Waals surface area contributed by atoms with Gasteiger partial charge in [0.05, 0.1) is 31.5 Å². The standard InChI is InChI=1S/C30H33N3O6/c1-3-4-14-33(22-6-5-13-31-16-22)27(34)18-32-17-24(21-9-12-25-26(15-21)39-19-38-25)28(30(35)36)29(32)20-7-10-23(37-2)11-8-20/h5-13,15-16,24,28-29H,3-4,14,17-19H2,1-2H3,(H,35,36)/t24-,28-,29+/m1/s1. The van der Waals surface area contributed by atoms with Gasteiger partial charge in [-0.15, -0.1) is 0 Å². The molecule has 0 aliphatic carbocycles. The molecule has 0 bridgehead atoms. The van der Waals surface area contributed by atoms with Gasteiger partial charge in [0.1, 0.15) is 5.75 Å². The molecule has 2 aliphatic heterocycles. The predicted octanol–water partition coefficient (Wildman–Crippen LogP) is 4.49. The average molecular weight is 532 g/mol. The molecule has 0 unspecified atom stereocenters. The third-order valence-electron chi connectivity index (χ3n) is 7.50. The van der Waals surface area contributed by atoms with E-state index in [-0.39, 0.29) is 25.2 Å². The summed E-state index contributed by atoms with van der Waals surface area (Å²) >= 11 is 0. The lowest BCUT2D eigenvalue weighted by Crippen LogP contribution is -2.41. The van der Waals surface area contributed by atoms with Crippen LogP contribution in [0.15, 0.2) is 67.0 Å². The van der Waals surface area contributed by atoms with Crippen LogP contribution < -0.4 is 19.1 Å². The summed E-state index contributed by atoms with van der Waals surface area (Å²) in [6, 6.07) is 16.2. The number of pyridine rings is 1. The lowest BCUT2D eigenvalue weighted by molar-refractivity contribution is -0.143. The number of likely N-dealkylation sites (tertiary alicyclic amines) is 1. The highest BCUT2D eigenvalue weighted by molar-refractivity contribution is 5.94. The number of rotatable bonds is 10. The number of carbonyl (C=O) groups is 2. The van der Waals surface area contributed by atoms with Crippen molar-refractivity contribution < 1.29 is 28.9 Å². The van der Waals surface area contributed by atoms with E-state index in [1.807, 2.05) is 59.5 Å². The van der Waals surface area contributed by atoms with E-state index in [0.29, 0.717) is 30.3 Å². The van der Waals surface area contributed by atoms with Crippen molar-refractivity contribution >= 4 is 17.6 Å². The van der Waals surface area contributed by atoms with E-state index in [1.54, 1.807) is 24.4 Å². The van der Waals surface area contributed by atoms with Crippen LogP contribution in [0.5, 0.6) is 17.2 Å². The highest BCUT2D eigenvalue weighted by Gasteiger charge is 2.48. The zero-order valence-corrected chi connectivity index (χ0v) is 22.2. The van der Waals surface area contributed by atoms with Crippen LogP contribution in [0.2, 0.25) is 0 Å². The van der Waals surface area contributed by atoms with Crippen molar-refractivity contribution in [1.82, 2.24) is 9.88 Å². The summed E-state index contributed by atoms with van der Waals surface area (Å²) in [7, 11) is 1.59. The molecule has 2 aliphatic rings. The van der Waals surface area contributed by atoms with E-state index in [1.165, 1.54) is 0 Å². The highest BCUT2D eigenvalue weighted by Crippen LogP contribution is 2.47. The molecule has 1 N–H and O–H groups in total. The molecule has 1 saturated heterocycles. The average Bonchev–Trinajstić information content (AvgIpc) is 3.58. The second-order valence-corrected chi connectivity index (χ2v) is 9.84. The minimum Gasteiger partial charge on any atom is -0.497 e. The molecule has 0 spiro atoms. The van der Waals surface area contributed by atoms with Gasteiger partial charge in [0.15, 0.2) is 11.5 Å². The third-order valence-corrected chi connectivity index (χ3v) is 7.50. The van der Waals surface area contributed by atoms with Gasteiger partial charge in [-0.3, -0.25) is 19.5 Å². The van der Waals surface area contributed by atoms with Gasteiger partial charge < -0.3 is 24.2 Å². The number of aromatic nitrogens is 1. The van der Waals surface area contributed by atoms with Crippen molar-refractivity contribution in [3.05, 3.63) is 78.1 Å². The lowest BCUT2D eigenvalue weighted by Gasteiger charge is -2.30. The largest absolute Gasteiger partial charge is 0.497 e. The molecule has 5 rings (SSSR count). The van der Waals surface area contributed by atoms with E-state index in [4.69, 9.17) is 14.2 Å². The molecule has 204 valence electrons. The van der Waals surface area contributed by atoms with Gasteiger partial charge in [-0.1, -0.05) is 31.5 Å². The molecule has 2 aromatic carbocycles. The van der Waals surface area contributed by atoms with Crippen LogP contribution in [0.25, 0.3) is 0 Å². The smallest absolute Gasteiger partial charge is 0.309 e. The van der Waals surface area contributed by atoms with Crippen LogP contribution in [-0.4, -0.2) is 60.4 Å². The van der Waals surface area contributed by atoms with Gasteiger partial charge >= 0.3 is 5.97 Å². The molecule has 3 atom stereocenters. The van der Waals surface area contributed by atoms with E-state index in [0.717, 1.165) is 29.7 Å². The number of aliphatic carboxylic acids is 1. The van der Waals surface area contributed by atoms with Crippen LogP contribution in [-0.2, 0) is 9.59 Å². The summed E-state index contributed by atoms with van der Waals surface area (Å²) in [6.45, 7) is 3.26. The number of carboxylic acids is 1.